The molecular weight excluding hydrogens is 204 g/mol. The molecule has 0 spiro atoms. The van der Waals surface area contributed by atoms with Gasteiger partial charge in [-0.05, 0) is 12.5 Å². The molecule has 1 aromatic rings. The van der Waals surface area contributed by atoms with Crippen molar-refractivity contribution in [3.05, 3.63) is 34.9 Å². The van der Waals surface area contributed by atoms with Crippen molar-refractivity contribution in [1.82, 2.24) is 0 Å². The molecule has 0 radical (unpaired) electrons. The third kappa shape index (κ3) is 2.60. The van der Waals surface area contributed by atoms with Gasteiger partial charge >= 0.3 is 23.3 Å². The molecule has 1 aromatic carbocycles. The lowest BCUT2D eigenvalue weighted by atomic mass is 10.1. The van der Waals surface area contributed by atoms with Crippen LogP contribution in [0.2, 0.25) is 0 Å². The van der Waals surface area contributed by atoms with E-state index in [1.807, 2.05) is 25.1 Å². The summed E-state index contributed by atoms with van der Waals surface area (Å²) in [6, 6.07) is 5.79. The smallest absolute Gasteiger partial charge is 0.0615 e. The molecule has 0 fully saturated rings. The second-order valence-electron chi connectivity index (χ2n) is 2.74. The second-order valence-corrected chi connectivity index (χ2v) is 3.79. The molecule has 13 heavy (non-hydrogen) atoms. The van der Waals surface area contributed by atoms with Crippen LogP contribution >= 0.6 is 0 Å². The molecule has 0 N–H and O–H groups in total. The second kappa shape index (κ2) is 5.09. The summed E-state index contributed by atoms with van der Waals surface area (Å²) < 4.78 is 20.8. The zero-order valence-corrected chi connectivity index (χ0v) is 8.91. The maximum absolute atomic E-state index is 10.4. The van der Waals surface area contributed by atoms with Gasteiger partial charge in [-0.3, -0.25) is 0 Å². The van der Waals surface area contributed by atoms with Crippen LogP contribution in [-0.4, -0.2) is 0 Å². The maximum atomic E-state index is 10.4. The zero-order valence-electron chi connectivity index (χ0n) is 7.28. The first-order valence-electron chi connectivity index (χ1n) is 3.86. The van der Waals surface area contributed by atoms with E-state index in [0.29, 0.717) is 34.8 Å². The molecule has 4 heteroatoms. The summed E-state index contributed by atoms with van der Waals surface area (Å²) in [5.74, 6) is 0.889. The van der Waals surface area contributed by atoms with Crippen LogP contribution in [-0.2, 0) is 43.3 Å². The summed E-state index contributed by atoms with van der Waals surface area (Å²) in [5.41, 5.74) is 3.10. The van der Waals surface area contributed by atoms with E-state index in [1.165, 1.54) is 0 Å². The third-order valence-electron chi connectivity index (χ3n) is 1.92. The number of hydrogen-bond donors (Lipinski definition) is 0. The number of hydrogen-bond acceptors (Lipinski definition) is 2. The van der Waals surface area contributed by atoms with Crippen LogP contribution in [0, 0.1) is 6.92 Å². The Morgan fingerprint density at radius 2 is 1.85 bits per heavy atom. The van der Waals surface area contributed by atoms with Crippen molar-refractivity contribution in [2.24, 2.45) is 0 Å². The van der Waals surface area contributed by atoms with Crippen LogP contribution < -0.4 is 0 Å². The Kier molecular flexibility index (Phi) is 4.05. The van der Waals surface area contributed by atoms with Crippen molar-refractivity contribution >= 4 is 23.3 Å². The molecule has 0 bridgehead atoms. The number of aryl methyl sites for hydroxylation is 1. The predicted molar refractivity (Wildman–Crippen MR) is 54.7 cm³/mol. The van der Waals surface area contributed by atoms with Crippen LogP contribution in [0.5, 0.6) is 0 Å². The summed E-state index contributed by atoms with van der Waals surface area (Å²) in [7, 11) is 0. The molecule has 0 saturated carbocycles. The Balaban J connectivity index is 3.08. The lowest BCUT2D eigenvalue weighted by molar-refractivity contribution is 0.603. The van der Waals surface area contributed by atoms with Gasteiger partial charge in [-0.2, -0.15) is 0 Å². The van der Waals surface area contributed by atoms with Crippen LogP contribution in [0.4, 0.5) is 0 Å². The normalized spacial score (nSPS) is 9.62. The fourth-order valence-electron chi connectivity index (χ4n) is 1.23. The Morgan fingerprint density at radius 1 is 1.15 bits per heavy atom. The molecule has 0 aliphatic rings. The number of rotatable bonds is 4. The van der Waals surface area contributed by atoms with Crippen molar-refractivity contribution < 1.29 is 8.42 Å². The van der Waals surface area contributed by atoms with Gasteiger partial charge in [-0.1, -0.05) is 18.2 Å². The molecule has 0 amide bonds. The fraction of sp³-hybridized carbons (Fsp3) is 0.333. The highest BCUT2D eigenvalue weighted by Gasteiger charge is 2.15. The van der Waals surface area contributed by atoms with Crippen molar-refractivity contribution in [3.63, 3.8) is 0 Å². The highest BCUT2D eigenvalue weighted by Crippen LogP contribution is 2.15. The van der Waals surface area contributed by atoms with E-state index in [9.17, 15) is 8.42 Å². The molecular formula is C9H10O2S2+2. The molecule has 68 valence electrons. The molecule has 2 nitrogen and oxygen atoms in total. The largest absolute Gasteiger partial charge is 0.463 e. The predicted octanol–water partition coefficient (Wildman–Crippen LogP) is 1.85. The average molecular weight is 214 g/mol. The minimum absolute atomic E-state index is 0.442. The molecule has 0 unspecified atom stereocenters. The fourth-order valence-corrected chi connectivity index (χ4v) is 2.16. The van der Waals surface area contributed by atoms with E-state index in [4.69, 9.17) is 0 Å². The van der Waals surface area contributed by atoms with Gasteiger partial charge in [-0.15, -0.1) is 0 Å². The first kappa shape index (κ1) is 10.3. The maximum Gasteiger partial charge on any atom is 0.463 e. The summed E-state index contributed by atoms with van der Waals surface area (Å²) in [5, 5.41) is 0. The Bertz CT molecular complexity index is 323. The highest BCUT2D eigenvalue weighted by atomic mass is 32.1. The summed E-state index contributed by atoms with van der Waals surface area (Å²) >= 11 is 1.09. The summed E-state index contributed by atoms with van der Waals surface area (Å²) in [6.07, 6.45) is 0. The van der Waals surface area contributed by atoms with Gasteiger partial charge in [0.1, 0.15) is 0 Å². The van der Waals surface area contributed by atoms with Crippen molar-refractivity contribution in [3.8, 4) is 0 Å². The SMILES string of the molecule is Cc1cccc(C[S+]=O)c1C[S+]=O. The molecule has 0 atom stereocenters. The standard InChI is InChI=1S/C9H10O2S2/c1-7-3-2-4-8(5-12-10)9(7)6-13-11/h2-4H,5-6H2,1H3/q+2. The molecule has 0 aromatic heterocycles. The van der Waals surface area contributed by atoms with Crippen LogP contribution in [0.15, 0.2) is 18.2 Å². The van der Waals surface area contributed by atoms with Gasteiger partial charge in [0.15, 0.2) is 0 Å². The number of benzene rings is 1. The van der Waals surface area contributed by atoms with E-state index in [2.05, 4.69) is 0 Å². The lowest BCUT2D eigenvalue weighted by Crippen LogP contribution is -1.96. The molecule has 0 aliphatic heterocycles. The van der Waals surface area contributed by atoms with Gasteiger partial charge in [-0.25, -0.2) is 0 Å². The van der Waals surface area contributed by atoms with Crippen molar-refractivity contribution in [2.45, 2.75) is 18.4 Å². The summed E-state index contributed by atoms with van der Waals surface area (Å²) in [4.78, 5) is 0. The van der Waals surface area contributed by atoms with Crippen molar-refractivity contribution in [1.29, 1.82) is 0 Å². The van der Waals surface area contributed by atoms with Gasteiger partial charge in [0.25, 0.3) is 11.5 Å². The molecule has 0 heterocycles. The third-order valence-corrected chi connectivity index (χ3v) is 2.76. The molecule has 1 rings (SSSR count). The van der Waals surface area contributed by atoms with Gasteiger partial charge in [0.2, 0.25) is 0 Å². The Morgan fingerprint density at radius 3 is 2.46 bits per heavy atom. The van der Waals surface area contributed by atoms with Gasteiger partial charge in [0, 0.05) is 19.5 Å². The average Bonchev–Trinajstić information content (AvgIpc) is 2.11. The van der Waals surface area contributed by atoms with E-state index in [-0.39, 0.29) is 0 Å². The van der Waals surface area contributed by atoms with E-state index in [0.717, 1.165) is 16.7 Å². The Hall–Kier alpha value is -0.740. The van der Waals surface area contributed by atoms with Gasteiger partial charge < -0.3 is 0 Å². The topological polar surface area (TPSA) is 34.1 Å². The quantitative estimate of drug-likeness (QED) is 0.717. The minimum atomic E-state index is 0.442. The van der Waals surface area contributed by atoms with Gasteiger partial charge in [0.05, 0.1) is 0 Å². The van der Waals surface area contributed by atoms with Crippen LogP contribution in [0.25, 0.3) is 0 Å². The van der Waals surface area contributed by atoms with E-state index >= 15 is 0 Å². The van der Waals surface area contributed by atoms with Crippen molar-refractivity contribution in [2.75, 3.05) is 0 Å². The van der Waals surface area contributed by atoms with Crippen LogP contribution in [0.1, 0.15) is 16.7 Å². The molecule has 0 saturated heterocycles. The molecule has 0 aliphatic carbocycles. The summed E-state index contributed by atoms with van der Waals surface area (Å²) in [6.45, 7) is 1.96. The minimum Gasteiger partial charge on any atom is -0.0615 e. The first-order valence-corrected chi connectivity index (χ1v) is 5.68. The van der Waals surface area contributed by atoms with Crippen LogP contribution in [0.3, 0.4) is 0 Å². The first-order chi connectivity index (χ1) is 6.29. The highest BCUT2D eigenvalue weighted by molar-refractivity contribution is 7.65. The zero-order chi connectivity index (χ0) is 9.68. The van der Waals surface area contributed by atoms with E-state index < -0.39 is 0 Å². The Labute approximate surface area is 85.3 Å². The monoisotopic (exact) mass is 214 g/mol. The van der Waals surface area contributed by atoms with E-state index in [1.54, 1.807) is 0 Å². The lowest BCUT2D eigenvalue weighted by Gasteiger charge is -1.99.